The fourth-order valence-corrected chi connectivity index (χ4v) is 3.02. The van der Waals surface area contributed by atoms with Gasteiger partial charge in [0.1, 0.15) is 11.3 Å². The Morgan fingerprint density at radius 1 is 0.577 bits per heavy atom. The van der Waals surface area contributed by atoms with Gasteiger partial charge in [-0.05, 0) is 29.8 Å². The van der Waals surface area contributed by atoms with Crippen LogP contribution in [0.25, 0.3) is 33.8 Å². The Morgan fingerprint density at radius 3 is 1.85 bits per heavy atom. The van der Waals surface area contributed by atoms with Gasteiger partial charge in [-0.25, -0.2) is 4.42 Å². The third-order valence-corrected chi connectivity index (χ3v) is 4.33. The average molecular weight is 339 g/mol. The molecule has 0 amide bonds. The Morgan fingerprint density at radius 2 is 1.15 bits per heavy atom. The van der Waals surface area contributed by atoms with Crippen LogP contribution in [0, 0.1) is 0 Å². The zero-order valence-electron chi connectivity index (χ0n) is 14.6. The first kappa shape index (κ1) is 16.1. The van der Waals surface area contributed by atoms with E-state index in [1.165, 1.54) is 0 Å². The van der Waals surface area contributed by atoms with Gasteiger partial charge in [0.15, 0.2) is 0 Å². The molecule has 2 heteroatoms. The van der Waals surface area contributed by atoms with E-state index in [0.717, 1.165) is 39.5 Å². The lowest BCUT2D eigenvalue weighted by Gasteiger charge is -2.05. The second-order valence-corrected chi connectivity index (χ2v) is 6.01. The highest BCUT2D eigenvalue weighted by Gasteiger charge is 2.22. The highest BCUT2D eigenvalue weighted by molar-refractivity contribution is 5.76. The van der Waals surface area contributed by atoms with Crippen LogP contribution in [0.15, 0.2) is 101 Å². The predicted molar refractivity (Wildman–Crippen MR) is 106 cm³/mol. The molecule has 3 aromatic carbocycles. The molecule has 0 saturated carbocycles. The minimum atomic E-state index is 0.780. The zero-order chi connectivity index (χ0) is 17.8. The second kappa shape index (κ2) is 7.24. The molecule has 0 aliphatic rings. The van der Waals surface area contributed by atoms with E-state index in [1.54, 1.807) is 7.11 Å². The summed E-state index contributed by atoms with van der Waals surface area (Å²) in [7, 11) is 1.68. The maximum absolute atomic E-state index is 6.27. The topological polar surface area (TPSA) is 20.5 Å². The van der Waals surface area contributed by atoms with Gasteiger partial charge < -0.3 is 4.74 Å². The molecular weight excluding hydrogens is 320 g/mol. The zero-order valence-corrected chi connectivity index (χ0v) is 14.6. The van der Waals surface area contributed by atoms with Crippen molar-refractivity contribution in [3.8, 4) is 39.5 Å². The van der Waals surface area contributed by atoms with Crippen molar-refractivity contribution in [2.24, 2.45) is 0 Å². The van der Waals surface area contributed by atoms with E-state index in [0.29, 0.717) is 0 Å². The van der Waals surface area contributed by atoms with Crippen molar-refractivity contribution in [1.82, 2.24) is 0 Å². The van der Waals surface area contributed by atoms with Gasteiger partial charge in [-0.1, -0.05) is 60.7 Å². The number of para-hydroxylation sites is 1. The summed E-state index contributed by atoms with van der Waals surface area (Å²) in [4.78, 5) is 0. The molecule has 0 aliphatic heterocycles. The minimum Gasteiger partial charge on any atom is -0.496 e. The van der Waals surface area contributed by atoms with Crippen LogP contribution in [0.5, 0.6) is 5.75 Å². The van der Waals surface area contributed by atoms with Gasteiger partial charge in [0.2, 0.25) is 0 Å². The molecule has 0 atom stereocenters. The van der Waals surface area contributed by atoms with Gasteiger partial charge in [0.25, 0.3) is 0 Å². The largest absolute Gasteiger partial charge is 0.496 e. The third-order valence-electron chi connectivity index (χ3n) is 4.33. The lowest BCUT2D eigenvalue weighted by Crippen LogP contribution is -1.90. The average Bonchev–Trinajstić information content (AvgIpc) is 2.74. The minimum absolute atomic E-state index is 0.780. The SMILES string of the molecule is COc1ccccc1-c1cc(-c2ccccc2)cc(-c2ccccc2)[o+]1. The van der Waals surface area contributed by atoms with E-state index >= 15 is 0 Å². The molecule has 26 heavy (non-hydrogen) atoms. The summed E-state index contributed by atoms with van der Waals surface area (Å²) < 4.78 is 11.8. The summed E-state index contributed by atoms with van der Waals surface area (Å²) in [5, 5.41) is 0. The van der Waals surface area contributed by atoms with Crippen LogP contribution in [0.2, 0.25) is 0 Å². The first-order valence-electron chi connectivity index (χ1n) is 8.57. The predicted octanol–water partition coefficient (Wildman–Crippen LogP) is 6.57. The van der Waals surface area contributed by atoms with Crippen LogP contribution in [-0.2, 0) is 0 Å². The lowest BCUT2D eigenvalue weighted by atomic mass is 10.0. The van der Waals surface area contributed by atoms with Gasteiger partial charge >= 0.3 is 11.5 Å². The third kappa shape index (κ3) is 3.22. The Kier molecular flexibility index (Phi) is 4.48. The molecule has 1 aromatic heterocycles. The van der Waals surface area contributed by atoms with E-state index in [9.17, 15) is 0 Å². The molecule has 0 bridgehead atoms. The standard InChI is InChI=1S/C24H19O2/c1-25-22-15-9-8-14-21(22)24-17-20(18-10-4-2-5-11-18)16-23(26-24)19-12-6-3-7-13-19/h2-17H,1H3/q+1. The summed E-state index contributed by atoms with van der Waals surface area (Å²) in [6, 6.07) is 32.5. The van der Waals surface area contributed by atoms with E-state index in [-0.39, 0.29) is 0 Å². The van der Waals surface area contributed by atoms with Gasteiger partial charge in [-0.3, -0.25) is 0 Å². The van der Waals surface area contributed by atoms with Crippen molar-refractivity contribution in [1.29, 1.82) is 0 Å². The van der Waals surface area contributed by atoms with E-state index in [2.05, 4.69) is 36.4 Å². The highest BCUT2D eigenvalue weighted by atomic mass is 16.5. The van der Waals surface area contributed by atoms with Crippen molar-refractivity contribution in [3.63, 3.8) is 0 Å². The monoisotopic (exact) mass is 339 g/mol. The van der Waals surface area contributed by atoms with Crippen molar-refractivity contribution in [2.45, 2.75) is 0 Å². The maximum Gasteiger partial charge on any atom is 0.365 e. The van der Waals surface area contributed by atoms with Gasteiger partial charge in [-0.2, -0.15) is 0 Å². The number of methoxy groups -OCH3 is 1. The molecule has 2 nitrogen and oxygen atoms in total. The first-order valence-corrected chi connectivity index (χ1v) is 8.57. The molecule has 126 valence electrons. The second-order valence-electron chi connectivity index (χ2n) is 6.01. The van der Waals surface area contributed by atoms with Crippen LogP contribution < -0.4 is 4.74 Å². The highest BCUT2D eigenvalue weighted by Crippen LogP contribution is 2.36. The first-order chi connectivity index (χ1) is 12.8. The fourth-order valence-electron chi connectivity index (χ4n) is 3.02. The molecule has 0 aliphatic carbocycles. The quantitative estimate of drug-likeness (QED) is 0.392. The molecule has 4 rings (SSSR count). The summed E-state index contributed by atoms with van der Waals surface area (Å²) in [5.74, 6) is 2.40. The number of benzene rings is 3. The molecular formula is C24H19O2+. The van der Waals surface area contributed by atoms with Gasteiger partial charge in [0.05, 0.1) is 24.8 Å². The number of ether oxygens (including phenoxy) is 1. The maximum atomic E-state index is 6.27. The van der Waals surface area contributed by atoms with Crippen molar-refractivity contribution < 1.29 is 9.15 Å². The van der Waals surface area contributed by atoms with E-state index < -0.39 is 0 Å². The van der Waals surface area contributed by atoms with Crippen molar-refractivity contribution >= 4 is 0 Å². The summed E-state index contributed by atoms with van der Waals surface area (Å²) in [6.45, 7) is 0. The van der Waals surface area contributed by atoms with Crippen LogP contribution in [0.1, 0.15) is 0 Å². The number of hydrogen-bond acceptors (Lipinski definition) is 1. The van der Waals surface area contributed by atoms with Gasteiger partial charge in [0, 0.05) is 5.56 Å². The molecule has 4 aromatic rings. The number of hydrogen-bond donors (Lipinski definition) is 0. The van der Waals surface area contributed by atoms with Crippen molar-refractivity contribution in [2.75, 3.05) is 7.11 Å². The number of rotatable bonds is 4. The van der Waals surface area contributed by atoms with E-state index in [1.807, 2.05) is 60.7 Å². The van der Waals surface area contributed by atoms with Gasteiger partial charge in [-0.15, -0.1) is 0 Å². The summed E-state index contributed by atoms with van der Waals surface area (Å²) in [6.07, 6.45) is 0. The molecule has 1 heterocycles. The molecule has 0 fully saturated rings. The molecule has 0 saturated heterocycles. The Hall–Kier alpha value is -3.39. The lowest BCUT2D eigenvalue weighted by molar-refractivity contribution is 0.414. The van der Waals surface area contributed by atoms with Crippen molar-refractivity contribution in [3.05, 3.63) is 97.1 Å². The Balaban J connectivity index is 1.94. The Bertz CT molecular complexity index is 951. The normalized spacial score (nSPS) is 10.5. The van der Waals surface area contributed by atoms with Crippen LogP contribution in [-0.4, -0.2) is 7.11 Å². The summed E-state index contributed by atoms with van der Waals surface area (Å²) >= 11 is 0. The molecule has 0 N–H and O–H groups in total. The molecule has 0 spiro atoms. The Labute approximate surface area is 153 Å². The van der Waals surface area contributed by atoms with E-state index in [4.69, 9.17) is 9.15 Å². The molecule has 0 unspecified atom stereocenters. The van der Waals surface area contributed by atoms with Crippen LogP contribution in [0.4, 0.5) is 0 Å². The fraction of sp³-hybridized carbons (Fsp3) is 0.0417. The van der Waals surface area contributed by atoms with Crippen LogP contribution >= 0.6 is 0 Å². The summed E-state index contributed by atoms with van der Waals surface area (Å²) in [5.41, 5.74) is 4.24. The smallest absolute Gasteiger partial charge is 0.365 e. The molecule has 0 radical (unpaired) electrons. The van der Waals surface area contributed by atoms with Crippen LogP contribution in [0.3, 0.4) is 0 Å².